The van der Waals surface area contributed by atoms with Gasteiger partial charge in [0.2, 0.25) is 23.8 Å². The van der Waals surface area contributed by atoms with Crippen LogP contribution in [-0.4, -0.2) is 154 Å². The van der Waals surface area contributed by atoms with Gasteiger partial charge < -0.3 is 36.2 Å². The molecule has 0 saturated carbocycles. The van der Waals surface area contributed by atoms with Crippen molar-refractivity contribution in [3.63, 3.8) is 0 Å². The predicted molar refractivity (Wildman–Crippen MR) is 423 cm³/mol. The highest BCUT2D eigenvalue weighted by Gasteiger charge is 2.33. The monoisotopic (exact) mass is 1560 g/mol. The first kappa shape index (κ1) is 79.8. The lowest BCUT2D eigenvalue weighted by Gasteiger charge is -2.29. The van der Waals surface area contributed by atoms with Gasteiger partial charge in [-0.2, -0.15) is 28.1 Å². The fourth-order valence-corrected chi connectivity index (χ4v) is 13.9. The van der Waals surface area contributed by atoms with Crippen molar-refractivity contribution in [1.29, 1.82) is 0 Å². The van der Waals surface area contributed by atoms with Crippen LogP contribution >= 0.6 is 0 Å². The Morgan fingerprint density at radius 3 is 1.13 bits per heavy atom. The molecule has 28 nitrogen and oxygen atoms in total. The molecule has 0 spiro atoms. The quantitative estimate of drug-likeness (QED) is 0.0288. The van der Waals surface area contributed by atoms with Crippen molar-refractivity contribution >= 4 is 73.9 Å². The number of hydrogen-bond acceptors (Lipinski definition) is 21. The standard InChI is InChI=1S/C27H28F3N7O2.C27H29F2N7O2.C27H29N7O3/c1-4-11-36-24(38)20-14-31-25(34-23(20)37(36)22-7-5-6-21(33-22)26(2,3)39)32-19-9-8-17-10-12-35(15-18(17)13-19)16-27(28,29)30;1-4-11-35-25(37)20-14-30-26(33-24(20)36(35)23-7-5-6-21(32-23)27(2,3)38)31-19-9-8-17-10-12-34(16-22(28)29)15-18(17)13-19;1-5-12-33-25(36)21-15-28-26(29-20-10-9-18-11-13-32(17(2)35)16-19(18)14-20)31-24(21)34(33)23-8-6-7-22(30-23)27(3,4)37/h4-9,13-14,39H,1,10-12,15-16H2,2-3H3,(H,31,32,34);4-9,13-14,22,38H,1,10-12,15-16H2,2-3H3,(H,30,31,33);5-10,14-15,37H,1,11-13,16H2,2-4H3,(H,28,29,31). The number of fused-ring (bicyclic) bond motifs is 6. The van der Waals surface area contributed by atoms with Gasteiger partial charge in [-0.05, 0) is 167 Å². The summed E-state index contributed by atoms with van der Waals surface area (Å²) in [7, 11) is 0. The Balaban J connectivity index is 0.000000149. The molecular weight excluding hydrogens is 1470 g/mol. The van der Waals surface area contributed by atoms with Gasteiger partial charge in [-0.1, -0.05) is 54.6 Å². The molecule has 0 fully saturated rings. The van der Waals surface area contributed by atoms with E-state index in [2.05, 4.69) is 86.6 Å². The second-order valence-corrected chi connectivity index (χ2v) is 29.5. The Hall–Kier alpha value is -12.3. The van der Waals surface area contributed by atoms with Crippen molar-refractivity contribution in [3.05, 3.63) is 247 Å². The van der Waals surface area contributed by atoms with E-state index in [9.17, 15) is 56.4 Å². The van der Waals surface area contributed by atoms with Crippen LogP contribution < -0.4 is 32.6 Å². The highest BCUT2D eigenvalue weighted by Crippen LogP contribution is 2.32. The molecule has 33 heteroatoms. The van der Waals surface area contributed by atoms with Gasteiger partial charge in [0.25, 0.3) is 23.1 Å². The summed E-state index contributed by atoms with van der Waals surface area (Å²) in [5.41, 5.74) is 6.23. The highest BCUT2D eigenvalue weighted by atomic mass is 19.4. The minimum atomic E-state index is -4.25. The van der Waals surface area contributed by atoms with Crippen LogP contribution in [0.4, 0.5) is 56.9 Å². The molecule has 6 N–H and O–H groups in total. The molecule has 0 radical (unpaired) electrons. The number of aromatic nitrogens is 15. The van der Waals surface area contributed by atoms with Gasteiger partial charge in [0.15, 0.2) is 34.4 Å². The third-order valence-electron chi connectivity index (χ3n) is 19.5. The third kappa shape index (κ3) is 17.6. The average molecular weight is 1560 g/mol. The number of hydrogen-bond donors (Lipinski definition) is 6. The Labute approximate surface area is 650 Å². The number of nitrogens with one attached hydrogen (secondary N) is 3. The molecular formula is C81H86F5N21O7. The first-order valence-corrected chi connectivity index (χ1v) is 36.8. The van der Waals surface area contributed by atoms with E-state index in [1.807, 2.05) is 47.4 Å². The third-order valence-corrected chi connectivity index (χ3v) is 19.5. The van der Waals surface area contributed by atoms with Crippen molar-refractivity contribution in [3.8, 4) is 17.5 Å². The van der Waals surface area contributed by atoms with Crippen molar-refractivity contribution in [2.75, 3.05) is 48.7 Å². The normalized spacial score (nSPS) is 14.0. The van der Waals surface area contributed by atoms with Gasteiger partial charge >= 0.3 is 6.18 Å². The van der Waals surface area contributed by atoms with Crippen LogP contribution in [-0.2, 0) is 80.1 Å². The van der Waals surface area contributed by atoms with E-state index in [1.165, 1.54) is 43.1 Å². The topological polar surface area (TPSA) is 320 Å². The van der Waals surface area contributed by atoms with Gasteiger partial charge in [-0.25, -0.2) is 66.8 Å². The maximum Gasteiger partial charge on any atom is 0.401 e. The number of alkyl halides is 5. The van der Waals surface area contributed by atoms with Crippen molar-refractivity contribution in [2.45, 2.75) is 136 Å². The summed E-state index contributed by atoms with van der Waals surface area (Å²) >= 11 is 0. The fourth-order valence-electron chi connectivity index (χ4n) is 13.9. The van der Waals surface area contributed by atoms with Gasteiger partial charge in [0.1, 0.15) is 33.0 Å². The van der Waals surface area contributed by atoms with Crippen molar-refractivity contribution in [1.82, 2.24) is 87.6 Å². The number of halogens is 5. The van der Waals surface area contributed by atoms with Crippen molar-refractivity contribution in [2.24, 2.45) is 0 Å². The van der Waals surface area contributed by atoms with Crippen LogP contribution in [0.2, 0.25) is 0 Å². The lowest BCUT2D eigenvalue weighted by molar-refractivity contribution is -0.147. The largest absolute Gasteiger partial charge is 0.401 e. The molecule has 12 aromatic rings. The van der Waals surface area contributed by atoms with E-state index in [0.29, 0.717) is 119 Å². The zero-order valence-corrected chi connectivity index (χ0v) is 63.9. The number of anilines is 6. The molecule has 0 atom stereocenters. The number of amides is 1. The van der Waals surface area contributed by atoms with E-state index in [-0.39, 0.29) is 72.6 Å². The minimum Gasteiger partial charge on any atom is -0.384 e. The van der Waals surface area contributed by atoms with E-state index in [0.717, 1.165) is 46.5 Å². The summed E-state index contributed by atoms with van der Waals surface area (Å²) in [6, 6.07) is 33.0. The Kier molecular flexibility index (Phi) is 22.7. The van der Waals surface area contributed by atoms with E-state index < -0.39 is 35.9 Å². The smallest absolute Gasteiger partial charge is 0.384 e. The molecule has 114 heavy (non-hydrogen) atoms. The van der Waals surface area contributed by atoms with Gasteiger partial charge in [0, 0.05) is 81.8 Å². The fraction of sp³-hybridized carbons (Fsp3) is 0.321. The van der Waals surface area contributed by atoms with Crippen LogP contribution in [0, 0.1) is 0 Å². The van der Waals surface area contributed by atoms with Crippen LogP contribution in [0.3, 0.4) is 0 Å². The lowest BCUT2D eigenvalue weighted by Crippen LogP contribution is -2.37. The minimum absolute atomic E-state index is 0.0575. The van der Waals surface area contributed by atoms with Crippen molar-refractivity contribution < 1.29 is 42.1 Å². The Bertz CT molecular complexity index is 5860. The van der Waals surface area contributed by atoms with Gasteiger partial charge in [-0.3, -0.25) is 29.0 Å². The van der Waals surface area contributed by atoms with E-state index >= 15 is 0 Å². The number of carbonyl (C=O) groups is 1. The Morgan fingerprint density at radius 1 is 0.474 bits per heavy atom. The molecule has 0 saturated heterocycles. The summed E-state index contributed by atoms with van der Waals surface area (Å²) in [5.74, 6) is 2.07. The second-order valence-electron chi connectivity index (χ2n) is 29.5. The molecule has 0 aliphatic carbocycles. The van der Waals surface area contributed by atoms with Crippen LogP contribution in [0.1, 0.15) is 98.9 Å². The molecule has 1 amide bonds. The number of carbonyl (C=O) groups excluding carboxylic acids is 1. The van der Waals surface area contributed by atoms with E-state index in [1.54, 1.807) is 146 Å². The van der Waals surface area contributed by atoms with Crippen LogP contribution in [0.5, 0.6) is 0 Å². The maximum absolute atomic E-state index is 13.2. The SMILES string of the molecule is C=CCn1c(=O)c2cnc(Nc3ccc4c(c3)CN(C(C)=O)CC4)nc2n1-c1cccc(C(C)(C)O)n1.C=CCn1c(=O)c2cnc(Nc3ccc4c(c3)CN(CC(F)(F)F)CC4)nc2n1-c1cccc(C(C)(C)O)n1.C=CCn1c(=O)c2cnc(Nc3ccc4c(c3)CN(CC(F)F)CC4)nc2n1-c1cccc(C(C)(C)O)n1. The zero-order valence-electron chi connectivity index (χ0n) is 63.9. The van der Waals surface area contributed by atoms with Crippen LogP contribution in [0.15, 0.2) is 180 Å². The maximum atomic E-state index is 13.2. The zero-order chi connectivity index (χ0) is 81.3. The molecule has 12 heterocycles. The molecule has 3 aliphatic heterocycles. The first-order chi connectivity index (χ1) is 54.2. The summed E-state index contributed by atoms with van der Waals surface area (Å²) in [4.78, 5) is 97.1. The molecule has 0 bridgehead atoms. The first-order valence-electron chi connectivity index (χ1n) is 36.8. The highest BCUT2D eigenvalue weighted by molar-refractivity contribution is 5.80. The summed E-state index contributed by atoms with van der Waals surface area (Å²) < 4.78 is 73.6. The average Bonchev–Trinajstić information content (AvgIpc) is 1.61. The molecule has 0 unspecified atom stereocenters. The predicted octanol–water partition coefficient (Wildman–Crippen LogP) is 10.9. The molecule has 592 valence electrons. The summed E-state index contributed by atoms with van der Waals surface area (Å²) in [6.07, 6.45) is 4.64. The summed E-state index contributed by atoms with van der Waals surface area (Å²) in [6.45, 7) is 25.0. The van der Waals surface area contributed by atoms with Gasteiger partial charge in [-0.15, -0.1) is 19.7 Å². The lowest BCUT2D eigenvalue weighted by atomic mass is 9.99. The Morgan fingerprint density at radius 2 is 0.807 bits per heavy atom. The van der Waals surface area contributed by atoms with E-state index in [4.69, 9.17) is 0 Å². The number of aliphatic hydroxyl groups is 3. The summed E-state index contributed by atoms with van der Waals surface area (Å²) in [5, 5.41) is 41.9. The molecule has 15 rings (SSSR count). The molecule has 9 aromatic heterocycles. The molecule has 3 aromatic carbocycles. The number of rotatable bonds is 21. The number of allylic oxidation sites excluding steroid dienone is 3. The number of pyridine rings is 3. The molecule has 3 aliphatic rings. The van der Waals surface area contributed by atoms with Crippen LogP contribution in [0.25, 0.3) is 50.6 Å². The number of nitrogens with zero attached hydrogens (tertiary/aromatic N) is 18. The van der Waals surface area contributed by atoms with Gasteiger partial charge in [0.05, 0.1) is 49.8 Å². The number of benzene rings is 3. The second kappa shape index (κ2) is 32.4.